The molecule has 2 rings (SSSR count). The van der Waals surface area contributed by atoms with Crippen LogP contribution in [0.3, 0.4) is 0 Å². The molecule has 2 aromatic rings. The van der Waals surface area contributed by atoms with E-state index in [4.69, 9.17) is 16.0 Å². The third-order valence-corrected chi connectivity index (χ3v) is 4.14. The van der Waals surface area contributed by atoms with E-state index in [0.29, 0.717) is 24.1 Å². The van der Waals surface area contributed by atoms with Crippen LogP contribution in [-0.4, -0.2) is 60.5 Å². The van der Waals surface area contributed by atoms with Crippen molar-refractivity contribution in [2.45, 2.75) is 13.0 Å². The van der Waals surface area contributed by atoms with Gasteiger partial charge in [0.25, 0.3) is 0 Å². The Bertz CT molecular complexity index is 737. The van der Waals surface area contributed by atoms with Crippen LogP contribution < -0.4 is 5.32 Å². The van der Waals surface area contributed by atoms with Crippen LogP contribution in [0.15, 0.2) is 40.1 Å². The number of halogens is 1. The summed E-state index contributed by atoms with van der Waals surface area (Å²) in [7, 11) is 7.32. The fourth-order valence-corrected chi connectivity index (χ4v) is 2.66. The summed E-state index contributed by atoms with van der Waals surface area (Å²) >= 11 is 6.06. The van der Waals surface area contributed by atoms with E-state index in [1.807, 2.05) is 48.0 Å². The number of aryl methyl sites for hydroxylation is 1. The van der Waals surface area contributed by atoms with Gasteiger partial charge < -0.3 is 24.1 Å². The maximum absolute atomic E-state index is 11.9. The van der Waals surface area contributed by atoms with Crippen molar-refractivity contribution in [2.75, 3.05) is 34.2 Å². The highest BCUT2D eigenvalue weighted by Crippen LogP contribution is 2.14. The van der Waals surface area contributed by atoms with Crippen molar-refractivity contribution in [2.24, 2.45) is 12.0 Å². The van der Waals surface area contributed by atoms with Crippen LogP contribution in [-0.2, 0) is 24.8 Å². The lowest BCUT2D eigenvalue weighted by atomic mass is 10.3. The van der Waals surface area contributed by atoms with Crippen LogP contribution >= 0.6 is 11.6 Å². The number of carbonyl (C=O) groups excluding carboxylic acids is 1. The minimum atomic E-state index is -0.0503. The molecule has 0 unspecified atom stereocenters. The molecule has 0 radical (unpaired) electrons. The molecule has 0 spiro atoms. The molecule has 0 aliphatic heterocycles. The Balaban J connectivity index is 2.03. The van der Waals surface area contributed by atoms with Crippen LogP contribution in [0.1, 0.15) is 11.5 Å². The first-order valence-electron chi connectivity index (χ1n) is 8.39. The van der Waals surface area contributed by atoms with Crippen LogP contribution in [0.5, 0.6) is 0 Å². The van der Waals surface area contributed by atoms with E-state index in [-0.39, 0.29) is 12.5 Å². The SMILES string of the molecule is CN(C)C(=O)CN=C(NCCc1ccco1)N(C)Cc1cc(Cl)cn1C. The monoisotopic (exact) mass is 379 g/mol. The number of furan rings is 1. The zero-order valence-electron chi connectivity index (χ0n) is 15.7. The summed E-state index contributed by atoms with van der Waals surface area (Å²) in [5, 5.41) is 4.00. The standard InChI is InChI=1S/C18H26ClN5O2/c1-22(2)17(25)11-21-18(20-8-7-16-6-5-9-26-16)24(4)13-15-10-14(19)12-23(15)3/h5-6,9-10,12H,7-8,11,13H2,1-4H3,(H,20,21). The number of carbonyl (C=O) groups is 1. The lowest BCUT2D eigenvalue weighted by Crippen LogP contribution is -2.40. The van der Waals surface area contributed by atoms with Gasteiger partial charge in [0.2, 0.25) is 5.91 Å². The molecule has 0 aliphatic rings. The number of nitrogens with zero attached hydrogens (tertiary/aromatic N) is 4. The molecule has 0 aliphatic carbocycles. The normalized spacial score (nSPS) is 11.5. The lowest BCUT2D eigenvalue weighted by Gasteiger charge is -2.23. The van der Waals surface area contributed by atoms with Gasteiger partial charge in [-0.05, 0) is 18.2 Å². The van der Waals surface area contributed by atoms with Gasteiger partial charge in [-0.2, -0.15) is 0 Å². The molecule has 8 heteroatoms. The summed E-state index contributed by atoms with van der Waals surface area (Å²) in [6, 6.07) is 5.72. The maximum Gasteiger partial charge on any atom is 0.243 e. The highest BCUT2D eigenvalue weighted by molar-refractivity contribution is 6.30. The number of amides is 1. The van der Waals surface area contributed by atoms with Crippen LogP contribution in [0.25, 0.3) is 0 Å². The minimum Gasteiger partial charge on any atom is -0.469 e. The van der Waals surface area contributed by atoms with E-state index in [2.05, 4.69) is 10.3 Å². The average Bonchev–Trinajstić information content (AvgIpc) is 3.20. The second-order valence-corrected chi connectivity index (χ2v) is 6.74. The van der Waals surface area contributed by atoms with Crippen LogP contribution in [0, 0.1) is 0 Å². The van der Waals surface area contributed by atoms with Crippen LogP contribution in [0.2, 0.25) is 5.02 Å². The van der Waals surface area contributed by atoms with Crippen molar-refractivity contribution in [1.82, 2.24) is 19.7 Å². The number of hydrogen-bond donors (Lipinski definition) is 1. The summed E-state index contributed by atoms with van der Waals surface area (Å²) in [4.78, 5) is 19.8. The van der Waals surface area contributed by atoms with E-state index >= 15 is 0 Å². The topological polar surface area (TPSA) is 66.0 Å². The van der Waals surface area contributed by atoms with Crippen LogP contribution in [0.4, 0.5) is 0 Å². The van der Waals surface area contributed by atoms with Gasteiger partial charge in [0.1, 0.15) is 12.3 Å². The number of rotatable bonds is 7. The van der Waals surface area contributed by atoms with Gasteiger partial charge in [0.15, 0.2) is 5.96 Å². The first-order chi connectivity index (χ1) is 12.4. The summed E-state index contributed by atoms with van der Waals surface area (Å²) in [5.74, 6) is 1.51. The van der Waals surface area contributed by atoms with Gasteiger partial charge in [0, 0.05) is 53.0 Å². The maximum atomic E-state index is 11.9. The first kappa shape index (κ1) is 19.9. The highest BCUT2D eigenvalue weighted by atomic mass is 35.5. The van der Waals surface area contributed by atoms with E-state index < -0.39 is 0 Å². The number of aromatic nitrogens is 1. The summed E-state index contributed by atoms with van der Waals surface area (Å²) in [6.07, 6.45) is 4.25. The molecular weight excluding hydrogens is 354 g/mol. The largest absolute Gasteiger partial charge is 0.469 e. The molecule has 1 amide bonds. The van der Waals surface area contributed by atoms with Crippen molar-refractivity contribution in [1.29, 1.82) is 0 Å². The Hall–Kier alpha value is -2.41. The molecule has 142 valence electrons. The molecule has 7 nitrogen and oxygen atoms in total. The van der Waals surface area contributed by atoms with Crippen molar-refractivity contribution < 1.29 is 9.21 Å². The average molecular weight is 380 g/mol. The van der Waals surface area contributed by atoms with Crippen molar-refractivity contribution >= 4 is 23.5 Å². The molecular formula is C18H26ClN5O2. The molecule has 2 aromatic heterocycles. The van der Waals surface area contributed by atoms with Gasteiger partial charge in [-0.3, -0.25) is 4.79 Å². The molecule has 26 heavy (non-hydrogen) atoms. The molecule has 0 atom stereocenters. The summed E-state index contributed by atoms with van der Waals surface area (Å²) in [6.45, 7) is 1.36. The predicted octanol–water partition coefficient (Wildman–Crippen LogP) is 1.98. The second-order valence-electron chi connectivity index (χ2n) is 6.30. The summed E-state index contributed by atoms with van der Waals surface area (Å²) in [5.41, 5.74) is 1.05. The van der Waals surface area contributed by atoms with Gasteiger partial charge in [0.05, 0.1) is 17.8 Å². The second kappa shape index (κ2) is 9.33. The fraction of sp³-hybridized carbons (Fsp3) is 0.444. The number of nitrogens with one attached hydrogen (secondary N) is 1. The Morgan fingerprint density at radius 1 is 1.38 bits per heavy atom. The fourth-order valence-electron chi connectivity index (χ4n) is 2.39. The lowest BCUT2D eigenvalue weighted by molar-refractivity contribution is -0.127. The molecule has 0 bridgehead atoms. The molecule has 1 N–H and O–H groups in total. The van der Waals surface area contributed by atoms with Gasteiger partial charge in [-0.25, -0.2) is 4.99 Å². The molecule has 0 aromatic carbocycles. The van der Waals surface area contributed by atoms with Crippen molar-refractivity contribution in [3.63, 3.8) is 0 Å². The zero-order chi connectivity index (χ0) is 19.1. The number of guanidine groups is 1. The van der Waals surface area contributed by atoms with Crippen molar-refractivity contribution in [3.05, 3.63) is 47.1 Å². The smallest absolute Gasteiger partial charge is 0.243 e. The first-order valence-corrected chi connectivity index (χ1v) is 8.77. The van der Waals surface area contributed by atoms with Gasteiger partial charge in [-0.1, -0.05) is 11.6 Å². The Morgan fingerprint density at radius 3 is 2.73 bits per heavy atom. The zero-order valence-corrected chi connectivity index (χ0v) is 16.5. The highest BCUT2D eigenvalue weighted by Gasteiger charge is 2.12. The quantitative estimate of drug-likeness (QED) is 0.590. The molecule has 0 saturated carbocycles. The predicted molar refractivity (Wildman–Crippen MR) is 103 cm³/mol. The van der Waals surface area contributed by atoms with Crippen molar-refractivity contribution in [3.8, 4) is 0 Å². The third kappa shape index (κ3) is 5.84. The van der Waals surface area contributed by atoms with E-state index in [1.54, 1.807) is 20.4 Å². The minimum absolute atomic E-state index is 0.0503. The molecule has 0 saturated heterocycles. The Morgan fingerprint density at radius 2 is 2.15 bits per heavy atom. The van der Waals surface area contributed by atoms with Gasteiger partial charge in [-0.15, -0.1) is 0 Å². The molecule has 2 heterocycles. The van der Waals surface area contributed by atoms with E-state index in [0.717, 1.165) is 17.9 Å². The number of hydrogen-bond acceptors (Lipinski definition) is 3. The van der Waals surface area contributed by atoms with E-state index in [9.17, 15) is 4.79 Å². The number of likely N-dealkylation sites (N-methyl/N-ethyl adjacent to an activating group) is 1. The Kier molecular flexibility index (Phi) is 7.15. The number of aliphatic imine (C=N–C) groups is 1. The molecule has 0 fully saturated rings. The van der Waals surface area contributed by atoms with E-state index in [1.165, 1.54) is 4.90 Å². The summed E-state index contributed by atoms with van der Waals surface area (Å²) < 4.78 is 7.32. The van der Waals surface area contributed by atoms with Gasteiger partial charge >= 0.3 is 0 Å². The Labute approximate surface area is 159 Å². The third-order valence-electron chi connectivity index (χ3n) is 3.93.